The van der Waals surface area contributed by atoms with Crippen LogP contribution in [-0.4, -0.2) is 11.8 Å². The Hall–Kier alpha value is -0.540. The zero-order chi connectivity index (χ0) is 14.4. The highest BCUT2D eigenvalue weighted by atomic mass is 32.2. The maximum Gasteiger partial charge on any atom is 0.137 e. The van der Waals surface area contributed by atoms with Crippen LogP contribution in [-0.2, 0) is 0 Å². The van der Waals surface area contributed by atoms with E-state index in [-0.39, 0.29) is 5.82 Å². The van der Waals surface area contributed by atoms with Crippen molar-refractivity contribution < 1.29 is 4.39 Å². The van der Waals surface area contributed by atoms with Crippen LogP contribution in [0.3, 0.4) is 0 Å². The van der Waals surface area contributed by atoms with E-state index in [0.717, 1.165) is 34.8 Å². The molecule has 21 heavy (non-hydrogen) atoms. The van der Waals surface area contributed by atoms with Crippen molar-refractivity contribution in [1.82, 2.24) is 5.32 Å². The fraction of sp³-hybridized carbons (Fsp3) is 0.667. The van der Waals surface area contributed by atoms with E-state index < -0.39 is 0 Å². The van der Waals surface area contributed by atoms with Crippen LogP contribution >= 0.6 is 11.8 Å². The van der Waals surface area contributed by atoms with Gasteiger partial charge in [-0.2, -0.15) is 0 Å². The molecule has 3 heteroatoms. The highest BCUT2D eigenvalue weighted by Crippen LogP contribution is 2.50. The first-order chi connectivity index (χ1) is 10.2. The molecule has 0 aromatic heterocycles. The number of thioether (sulfide) groups is 1. The van der Waals surface area contributed by atoms with Gasteiger partial charge in [-0.15, -0.1) is 11.8 Å². The third-order valence-corrected chi connectivity index (χ3v) is 7.08. The minimum absolute atomic E-state index is 0.0448. The molecule has 2 saturated carbocycles. The van der Waals surface area contributed by atoms with E-state index in [0.29, 0.717) is 12.1 Å². The maximum absolute atomic E-state index is 14.0. The normalized spacial score (nSPS) is 35.7. The molecule has 5 unspecified atom stereocenters. The summed E-state index contributed by atoms with van der Waals surface area (Å²) in [7, 11) is 0. The van der Waals surface area contributed by atoms with Crippen molar-refractivity contribution in [3.05, 3.63) is 29.6 Å². The van der Waals surface area contributed by atoms with Crippen molar-refractivity contribution in [2.45, 2.75) is 56.0 Å². The van der Waals surface area contributed by atoms with Gasteiger partial charge in [-0.3, -0.25) is 0 Å². The molecule has 1 N–H and O–H groups in total. The van der Waals surface area contributed by atoms with Crippen LogP contribution in [0.15, 0.2) is 23.1 Å². The number of benzene rings is 1. The second-order valence-corrected chi connectivity index (χ2v) is 8.25. The second-order valence-electron chi connectivity index (χ2n) is 7.14. The summed E-state index contributed by atoms with van der Waals surface area (Å²) in [5.74, 6) is 3.76. The Morgan fingerprint density at radius 2 is 2.14 bits per heavy atom. The van der Waals surface area contributed by atoms with Crippen molar-refractivity contribution in [3.8, 4) is 0 Å². The monoisotopic (exact) mass is 305 g/mol. The van der Waals surface area contributed by atoms with Crippen LogP contribution in [0.2, 0.25) is 0 Å². The van der Waals surface area contributed by atoms with Crippen LogP contribution in [0.1, 0.15) is 50.6 Å². The minimum atomic E-state index is -0.0448. The molecule has 0 spiro atoms. The van der Waals surface area contributed by atoms with Crippen molar-refractivity contribution in [2.24, 2.45) is 17.8 Å². The van der Waals surface area contributed by atoms with Gasteiger partial charge in [0.15, 0.2) is 0 Å². The Bertz CT molecular complexity index is 532. The predicted molar refractivity (Wildman–Crippen MR) is 86.0 cm³/mol. The van der Waals surface area contributed by atoms with Crippen molar-refractivity contribution in [2.75, 3.05) is 5.75 Å². The summed E-state index contributed by atoms with van der Waals surface area (Å²) in [4.78, 5) is 0.876. The number of rotatable bonds is 3. The highest BCUT2D eigenvalue weighted by molar-refractivity contribution is 7.99. The summed E-state index contributed by atoms with van der Waals surface area (Å²) in [5, 5.41) is 3.85. The standard InChI is InChI=1S/C18H24FNS/c1-11(15-10-12-5-6-13(15)9-12)20-17-7-8-21-18-14(17)3-2-4-16(18)19/h2-4,11-13,15,17,20H,5-10H2,1H3. The molecule has 114 valence electrons. The fourth-order valence-electron chi connectivity index (χ4n) is 4.91. The summed E-state index contributed by atoms with van der Waals surface area (Å²) in [5.41, 5.74) is 1.18. The van der Waals surface area contributed by atoms with Gasteiger partial charge in [0.2, 0.25) is 0 Å². The van der Waals surface area contributed by atoms with E-state index in [1.165, 1.54) is 31.2 Å². The summed E-state index contributed by atoms with van der Waals surface area (Å²) in [6.45, 7) is 2.35. The Labute approximate surface area is 131 Å². The predicted octanol–water partition coefficient (Wildman–Crippen LogP) is 4.78. The molecule has 3 aliphatic rings. The zero-order valence-electron chi connectivity index (χ0n) is 12.6. The zero-order valence-corrected chi connectivity index (χ0v) is 13.5. The molecule has 1 heterocycles. The van der Waals surface area contributed by atoms with E-state index in [9.17, 15) is 4.39 Å². The van der Waals surface area contributed by atoms with E-state index in [1.807, 2.05) is 6.07 Å². The lowest BCUT2D eigenvalue weighted by molar-refractivity contribution is 0.242. The summed E-state index contributed by atoms with van der Waals surface area (Å²) in [6, 6.07) is 6.45. The van der Waals surface area contributed by atoms with Gasteiger partial charge in [-0.1, -0.05) is 18.6 Å². The molecule has 4 rings (SSSR count). The first-order valence-corrected chi connectivity index (χ1v) is 9.38. The SMILES string of the molecule is CC(NC1CCSc2c(F)cccc21)C1CC2CCC1C2. The van der Waals surface area contributed by atoms with E-state index in [2.05, 4.69) is 18.3 Å². The second kappa shape index (κ2) is 5.58. The lowest BCUT2D eigenvalue weighted by Crippen LogP contribution is -2.39. The average Bonchev–Trinajstić information content (AvgIpc) is 3.11. The van der Waals surface area contributed by atoms with Gasteiger partial charge in [0.25, 0.3) is 0 Å². The van der Waals surface area contributed by atoms with Crippen molar-refractivity contribution in [3.63, 3.8) is 0 Å². The molecule has 2 fully saturated rings. The molecule has 1 aromatic rings. The van der Waals surface area contributed by atoms with Crippen LogP contribution in [0.25, 0.3) is 0 Å². The fourth-order valence-corrected chi connectivity index (χ4v) is 6.05. The van der Waals surface area contributed by atoms with Gasteiger partial charge >= 0.3 is 0 Å². The van der Waals surface area contributed by atoms with E-state index in [4.69, 9.17) is 0 Å². The minimum Gasteiger partial charge on any atom is -0.307 e. The molecule has 1 nitrogen and oxygen atoms in total. The lowest BCUT2D eigenvalue weighted by Gasteiger charge is -2.34. The Morgan fingerprint density at radius 1 is 1.24 bits per heavy atom. The Kier molecular flexibility index (Phi) is 3.74. The Balaban J connectivity index is 1.50. The molecular formula is C18H24FNS. The lowest BCUT2D eigenvalue weighted by atomic mass is 9.83. The van der Waals surface area contributed by atoms with Gasteiger partial charge in [-0.05, 0) is 67.7 Å². The molecule has 2 bridgehead atoms. The number of hydrogen-bond acceptors (Lipinski definition) is 2. The number of fused-ring (bicyclic) bond motifs is 3. The molecule has 1 aromatic carbocycles. The van der Waals surface area contributed by atoms with Gasteiger partial charge in [0.05, 0.1) is 0 Å². The molecule has 2 aliphatic carbocycles. The van der Waals surface area contributed by atoms with Crippen LogP contribution in [0, 0.1) is 23.6 Å². The molecule has 0 saturated heterocycles. The van der Waals surface area contributed by atoms with Crippen molar-refractivity contribution >= 4 is 11.8 Å². The number of halogens is 1. The number of nitrogens with one attached hydrogen (secondary N) is 1. The largest absolute Gasteiger partial charge is 0.307 e. The van der Waals surface area contributed by atoms with Gasteiger partial charge in [0, 0.05) is 17.0 Å². The average molecular weight is 305 g/mol. The number of hydrogen-bond donors (Lipinski definition) is 1. The van der Waals surface area contributed by atoms with Crippen molar-refractivity contribution in [1.29, 1.82) is 0 Å². The summed E-state index contributed by atoms with van der Waals surface area (Å²) in [6.07, 6.45) is 6.89. The first-order valence-electron chi connectivity index (χ1n) is 8.39. The molecule has 0 radical (unpaired) electrons. The van der Waals surface area contributed by atoms with Gasteiger partial charge in [-0.25, -0.2) is 4.39 Å². The summed E-state index contributed by atoms with van der Waals surface area (Å²) < 4.78 is 14.0. The molecule has 1 aliphatic heterocycles. The third kappa shape index (κ3) is 2.53. The van der Waals surface area contributed by atoms with E-state index in [1.54, 1.807) is 17.8 Å². The quantitative estimate of drug-likeness (QED) is 0.862. The van der Waals surface area contributed by atoms with Gasteiger partial charge in [0.1, 0.15) is 5.82 Å². The van der Waals surface area contributed by atoms with Gasteiger partial charge < -0.3 is 5.32 Å². The topological polar surface area (TPSA) is 12.0 Å². The molecule has 0 amide bonds. The van der Waals surface area contributed by atoms with Crippen LogP contribution < -0.4 is 5.32 Å². The first kappa shape index (κ1) is 14.1. The maximum atomic E-state index is 14.0. The highest BCUT2D eigenvalue weighted by Gasteiger charge is 2.42. The Morgan fingerprint density at radius 3 is 2.90 bits per heavy atom. The van der Waals surface area contributed by atoms with E-state index >= 15 is 0 Å². The smallest absolute Gasteiger partial charge is 0.137 e. The van der Waals surface area contributed by atoms with Crippen LogP contribution in [0.5, 0.6) is 0 Å². The summed E-state index contributed by atoms with van der Waals surface area (Å²) >= 11 is 1.68. The van der Waals surface area contributed by atoms with Crippen LogP contribution in [0.4, 0.5) is 4.39 Å². The third-order valence-electron chi connectivity index (χ3n) is 5.92. The molecular weight excluding hydrogens is 281 g/mol. The molecule has 5 atom stereocenters.